The van der Waals surface area contributed by atoms with E-state index in [1.807, 2.05) is 13.8 Å². The molecule has 1 aromatic heterocycles. The molecule has 0 saturated heterocycles. The van der Waals surface area contributed by atoms with Crippen molar-refractivity contribution in [2.75, 3.05) is 11.9 Å². The number of benzene rings is 1. The first-order valence-electron chi connectivity index (χ1n) is 7.88. The molecule has 0 bridgehead atoms. The van der Waals surface area contributed by atoms with Crippen molar-refractivity contribution in [1.82, 2.24) is 10.3 Å². The SMILES string of the molecule is CC(C)CCNC(=O)c1ccnc(C(=O)Nc2c(F)cccc2F)c1. The van der Waals surface area contributed by atoms with Crippen LogP contribution in [0.5, 0.6) is 0 Å². The number of aromatic nitrogens is 1. The van der Waals surface area contributed by atoms with Gasteiger partial charge in [0.1, 0.15) is 23.0 Å². The van der Waals surface area contributed by atoms with Crippen molar-refractivity contribution < 1.29 is 18.4 Å². The van der Waals surface area contributed by atoms with Crippen LogP contribution in [0.25, 0.3) is 0 Å². The van der Waals surface area contributed by atoms with E-state index in [4.69, 9.17) is 0 Å². The van der Waals surface area contributed by atoms with Gasteiger partial charge in [-0.15, -0.1) is 0 Å². The Bertz CT molecular complexity index is 758. The van der Waals surface area contributed by atoms with E-state index in [0.717, 1.165) is 18.6 Å². The predicted octanol–water partition coefficient (Wildman–Crippen LogP) is 3.39. The number of hydrogen-bond acceptors (Lipinski definition) is 3. The van der Waals surface area contributed by atoms with Gasteiger partial charge in [-0.05, 0) is 36.6 Å². The summed E-state index contributed by atoms with van der Waals surface area (Å²) in [6.45, 7) is 4.60. The highest BCUT2D eigenvalue weighted by Crippen LogP contribution is 2.18. The largest absolute Gasteiger partial charge is 0.352 e. The van der Waals surface area contributed by atoms with Crippen LogP contribution in [0.3, 0.4) is 0 Å². The fourth-order valence-electron chi connectivity index (χ4n) is 2.07. The first kappa shape index (κ1) is 18.5. The summed E-state index contributed by atoms with van der Waals surface area (Å²) in [5.41, 5.74) is -0.418. The van der Waals surface area contributed by atoms with Gasteiger partial charge in [-0.25, -0.2) is 8.78 Å². The quantitative estimate of drug-likeness (QED) is 0.841. The summed E-state index contributed by atoms with van der Waals surface area (Å²) in [5, 5.41) is 4.88. The molecule has 7 heteroatoms. The zero-order chi connectivity index (χ0) is 18.4. The molecule has 2 N–H and O–H groups in total. The number of carbonyl (C=O) groups excluding carboxylic acids is 2. The summed E-state index contributed by atoms with van der Waals surface area (Å²) < 4.78 is 27.2. The molecule has 0 spiro atoms. The van der Waals surface area contributed by atoms with Gasteiger partial charge < -0.3 is 10.6 Å². The number of pyridine rings is 1. The van der Waals surface area contributed by atoms with Crippen LogP contribution >= 0.6 is 0 Å². The molecule has 0 unspecified atom stereocenters. The lowest BCUT2D eigenvalue weighted by atomic mass is 10.1. The zero-order valence-electron chi connectivity index (χ0n) is 14.0. The second-order valence-corrected chi connectivity index (χ2v) is 5.92. The molecule has 25 heavy (non-hydrogen) atoms. The lowest BCUT2D eigenvalue weighted by Crippen LogP contribution is -2.26. The van der Waals surface area contributed by atoms with E-state index in [-0.39, 0.29) is 17.2 Å². The zero-order valence-corrected chi connectivity index (χ0v) is 14.0. The van der Waals surface area contributed by atoms with Gasteiger partial charge in [0.25, 0.3) is 11.8 Å². The van der Waals surface area contributed by atoms with E-state index in [1.165, 1.54) is 24.4 Å². The van der Waals surface area contributed by atoms with E-state index in [0.29, 0.717) is 12.5 Å². The van der Waals surface area contributed by atoms with E-state index in [9.17, 15) is 18.4 Å². The summed E-state index contributed by atoms with van der Waals surface area (Å²) in [5.74, 6) is -2.48. The van der Waals surface area contributed by atoms with Crippen LogP contribution in [-0.4, -0.2) is 23.3 Å². The lowest BCUT2D eigenvalue weighted by molar-refractivity contribution is 0.0952. The van der Waals surface area contributed by atoms with E-state index in [1.54, 1.807) is 0 Å². The summed E-state index contributed by atoms with van der Waals surface area (Å²) in [6, 6.07) is 6.00. The number of anilines is 1. The topological polar surface area (TPSA) is 71.1 Å². The van der Waals surface area contributed by atoms with Crippen molar-refractivity contribution in [3.05, 3.63) is 59.4 Å². The van der Waals surface area contributed by atoms with E-state index < -0.39 is 23.2 Å². The van der Waals surface area contributed by atoms with Crippen molar-refractivity contribution in [1.29, 1.82) is 0 Å². The minimum atomic E-state index is -0.893. The second-order valence-electron chi connectivity index (χ2n) is 5.92. The van der Waals surface area contributed by atoms with Gasteiger partial charge in [-0.2, -0.15) is 0 Å². The Labute approximate surface area is 144 Å². The Morgan fingerprint density at radius 1 is 1.12 bits per heavy atom. The maximum Gasteiger partial charge on any atom is 0.274 e. The first-order chi connectivity index (χ1) is 11.9. The molecule has 132 valence electrons. The highest BCUT2D eigenvalue weighted by molar-refractivity contribution is 6.04. The molecule has 1 aromatic carbocycles. The molecule has 0 radical (unpaired) electrons. The van der Waals surface area contributed by atoms with E-state index in [2.05, 4.69) is 15.6 Å². The normalized spacial score (nSPS) is 10.6. The average molecular weight is 347 g/mol. The van der Waals surface area contributed by atoms with Crippen molar-refractivity contribution in [3.8, 4) is 0 Å². The molecule has 2 aromatic rings. The highest BCUT2D eigenvalue weighted by atomic mass is 19.1. The third-order valence-electron chi connectivity index (χ3n) is 3.46. The second kappa shape index (κ2) is 8.32. The number of nitrogens with zero attached hydrogens (tertiary/aromatic N) is 1. The third-order valence-corrected chi connectivity index (χ3v) is 3.46. The highest BCUT2D eigenvalue weighted by Gasteiger charge is 2.16. The van der Waals surface area contributed by atoms with Gasteiger partial charge >= 0.3 is 0 Å². The Kier molecular flexibility index (Phi) is 6.16. The molecule has 0 fully saturated rings. The molecule has 1 heterocycles. The Morgan fingerprint density at radius 3 is 2.44 bits per heavy atom. The number of nitrogens with one attached hydrogen (secondary N) is 2. The summed E-state index contributed by atoms with van der Waals surface area (Å²) in [4.78, 5) is 28.1. The number of para-hydroxylation sites is 1. The Hall–Kier alpha value is -2.83. The first-order valence-corrected chi connectivity index (χ1v) is 7.88. The Balaban J connectivity index is 2.10. The number of rotatable bonds is 6. The van der Waals surface area contributed by atoms with Crippen LogP contribution in [0.15, 0.2) is 36.5 Å². The van der Waals surface area contributed by atoms with Crippen LogP contribution in [0.4, 0.5) is 14.5 Å². The van der Waals surface area contributed by atoms with Gasteiger partial charge in [0.2, 0.25) is 0 Å². The van der Waals surface area contributed by atoms with Crippen LogP contribution < -0.4 is 10.6 Å². The number of hydrogen-bond donors (Lipinski definition) is 2. The van der Waals surface area contributed by atoms with Crippen LogP contribution in [0, 0.1) is 17.6 Å². The van der Waals surface area contributed by atoms with Crippen LogP contribution in [0.1, 0.15) is 41.1 Å². The van der Waals surface area contributed by atoms with Crippen LogP contribution in [-0.2, 0) is 0 Å². The number of halogens is 2. The third kappa shape index (κ3) is 5.07. The average Bonchev–Trinajstić information content (AvgIpc) is 2.58. The van der Waals surface area contributed by atoms with Gasteiger partial charge in [0, 0.05) is 18.3 Å². The molecular weight excluding hydrogens is 328 g/mol. The van der Waals surface area contributed by atoms with Crippen molar-refractivity contribution in [2.24, 2.45) is 5.92 Å². The van der Waals surface area contributed by atoms with Crippen LogP contribution in [0.2, 0.25) is 0 Å². The molecule has 0 aliphatic carbocycles. The van der Waals surface area contributed by atoms with Gasteiger partial charge in [0.15, 0.2) is 0 Å². The Morgan fingerprint density at radius 2 is 1.80 bits per heavy atom. The molecule has 2 rings (SSSR count). The monoisotopic (exact) mass is 347 g/mol. The fraction of sp³-hybridized carbons (Fsp3) is 0.278. The number of amides is 2. The molecule has 0 aliphatic rings. The van der Waals surface area contributed by atoms with Crippen molar-refractivity contribution in [2.45, 2.75) is 20.3 Å². The minimum absolute atomic E-state index is 0.112. The van der Waals surface area contributed by atoms with Gasteiger partial charge in [-0.3, -0.25) is 14.6 Å². The van der Waals surface area contributed by atoms with Gasteiger partial charge in [0.05, 0.1) is 0 Å². The summed E-state index contributed by atoms with van der Waals surface area (Å²) in [7, 11) is 0. The van der Waals surface area contributed by atoms with Crippen molar-refractivity contribution in [3.63, 3.8) is 0 Å². The molecule has 0 saturated carbocycles. The molecule has 2 amide bonds. The molecule has 0 aliphatic heterocycles. The van der Waals surface area contributed by atoms with E-state index >= 15 is 0 Å². The summed E-state index contributed by atoms with van der Waals surface area (Å²) in [6.07, 6.45) is 2.13. The smallest absolute Gasteiger partial charge is 0.274 e. The van der Waals surface area contributed by atoms with Gasteiger partial charge in [-0.1, -0.05) is 19.9 Å². The van der Waals surface area contributed by atoms with Crippen molar-refractivity contribution >= 4 is 17.5 Å². The maximum absolute atomic E-state index is 13.6. The fourth-order valence-corrected chi connectivity index (χ4v) is 2.07. The standard InChI is InChI=1S/C18H19F2N3O2/c1-11(2)6-8-22-17(24)12-7-9-21-15(10-12)18(25)23-16-13(19)4-3-5-14(16)20/h3-5,7,9-11H,6,8H2,1-2H3,(H,22,24)(H,23,25). The molecule has 5 nitrogen and oxygen atoms in total. The predicted molar refractivity (Wildman–Crippen MR) is 90.3 cm³/mol. The summed E-state index contributed by atoms with van der Waals surface area (Å²) >= 11 is 0. The lowest BCUT2D eigenvalue weighted by Gasteiger charge is -2.09. The maximum atomic E-state index is 13.6. The minimum Gasteiger partial charge on any atom is -0.352 e. The number of carbonyl (C=O) groups is 2. The molecular formula is C18H19F2N3O2. The molecule has 0 atom stereocenters.